The molecule has 2 aromatic carbocycles. The molecule has 0 amide bonds. The van der Waals surface area contributed by atoms with Gasteiger partial charge >= 0.3 is 0 Å². The lowest BCUT2D eigenvalue weighted by molar-refractivity contribution is 0.232. The SMILES string of the molecule is Cc1ccc(CC2CCN(CCOc3ccc(O)cc3)C2)cc1. The lowest BCUT2D eigenvalue weighted by Gasteiger charge is -2.16. The van der Waals surface area contributed by atoms with E-state index in [2.05, 4.69) is 36.1 Å². The van der Waals surface area contributed by atoms with E-state index < -0.39 is 0 Å². The summed E-state index contributed by atoms with van der Waals surface area (Å²) in [7, 11) is 0. The highest BCUT2D eigenvalue weighted by Gasteiger charge is 2.22. The molecular weight excluding hydrogens is 286 g/mol. The zero-order valence-corrected chi connectivity index (χ0v) is 13.7. The van der Waals surface area contributed by atoms with Crippen LogP contribution >= 0.6 is 0 Å². The number of ether oxygens (including phenoxy) is 1. The zero-order chi connectivity index (χ0) is 16.1. The van der Waals surface area contributed by atoms with Crippen LogP contribution < -0.4 is 4.74 Å². The van der Waals surface area contributed by atoms with Gasteiger partial charge in [-0.25, -0.2) is 0 Å². The molecule has 0 bridgehead atoms. The summed E-state index contributed by atoms with van der Waals surface area (Å²) in [5.41, 5.74) is 2.77. The average molecular weight is 311 g/mol. The third kappa shape index (κ3) is 4.73. The quantitative estimate of drug-likeness (QED) is 0.884. The molecule has 1 unspecified atom stereocenters. The Morgan fingerprint density at radius 2 is 1.83 bits per heavy atom. The van der Waals surface area contributed by atoms with Crippen molar-refractivity contribution < 1.29 is 9.84 Å². The van der Waals surface area contributed by atoms with Crippen molar-refractivity contribution in [2.75, 3.05) is 26.2 Å². The third-order valence-electron chi connectivity index (χ3n) is 4.53. The molecule has 3 rings (SSSR count). The van der Waals surface area contributed by atoms with Gasteiger partial charge in [-0.3, -0.25) is 4.90 Å². The highest BCUT2D eigenvalue weighted by atomic mass is 16.5. The summed E-state index contributed by atoms with van der Waals surface area (Å²) in [6.07, 6.45) is 2.45. The second kappa shape index (κ2) is 7.51. The number of nitrogens with zero attached hydrogens (tertiary/aromatic N) is 1. The maximum atomic E-state index is 9.26. The van der Waals surface area contributed by atoms with E-state index >= 15 is 0 Å². The van der Waals surface area contributed by atoms with Crippen molar-refractivity contribution in [1.29, 1.82) is 0 Å². The lowest BCUT2D eigenvalue weighted by atomic mass is 9.98. The minimum atomic E-state index is 0.274. The molecule has 1 fully saturated rings. The van der Waals surface area contributed by atoms with Gasteiger partial charge in [0.1, 0.15) is 18.1 Å². The van der Waals surface area contributed by atoms with Crippen LogP contribution in [0.2, 0.25) is 0 Å². The van der Waals surface area contributed by atoms with Crippen LogP contribution in [0.25, 0.3) is 0 Å². The molecule has 0 spiro atoms. The van der Waals surface area contributed by atoms with Gasteiger partial charge in [0.2, 0.25) is 0 Å². The van der Waals surface area contributed by atoms with E-state index in [1.54, 1.807) is 24.3 Å². The monoisotopic (exact) mass is 311 g/mol. The van der Waals surface area contributed by atoms with E-state index in [-0.39, 0.29) is 5.75 Å². The fourth-order valence-electron chi connectivity index (χ4n) is 3.18. The third-order valence-corrected chi connectivity index (χ3v) is 4.53. The highest BCUT2D eigenvalue weighted by molar-refractivity contribution is 5.30. The normalized spacial score (nSPS) is 18.2. The van der Waals surface area contributed by atoms with Crippen molar-refractivity contribution in [2.24, 2.45) is 5.92 Å². The van der Waals surface area contributed by atoms with Gasteiger partial charge in [0.25, 0.3) is 0 Å². The number of hydrogen-bond donors (Lipinski definition) is 1. The number of rotatable bonds is 6. The van der Waals surface area contributed by atoms with E-state index in [0.29, 0.717) is 6.61 Å². The summed E-state index contributed by atoms with van der Waals surface area (Å²) in [6.45, 7) is 6.12. The molecule has 2 aromatic rings. The van der Waals surface area contributed by atoms with E-state index in [9.17, 15) is 5.11 Å². The molecule has 1 heterocycles. The molecule has 1 atom stereocenters. The molecular formula is C20H25NO2. The lowest BCUT2D eigenvalue weighted by Crippen LogP contribution is -2.26. The van der Waals surface area contributed by atoms with Gasteiger partial charge in [-0.1, -0.05) is 29.8 Å². The first-order valence-electron chi connectivity index (χ1n) is 8.39. The molecule has 0 aliphatic carbocycles. The zero-order valence-electron chi connectivity index (χ0n) is 13.7. The van der Waals surface area contributed by atoms with Crippen LogP contribution in [0.3, 0.4) is 0 Å². The van der Waals surface area contributed by atoms with E-state index in [1.807, 2.05) is 0 Å². The minimum absolute atomic E-state index is 0.274. The van der Waals surface area contributed by atoms with Crippen LogP contribution in [0.15, 0.2) is 48.5 Å². The van der Waals surface area contributed by atoms with Gasteiger partial charge in [-0.15, -0.1) is 0 Å². The van der Waals surface area contributed by atoms with E-state index in [0.717, 1.165) is 31.3 Å². The number of aromatic hydroxyl groups is 1. The standard InChI is InChI=1S/C20H25NO2/c1-16-2-4-17(5-3-16)14-18-10-11-21(15-18)12-13-23-20-8-6-19(22)7-9-20/h2-9,18,22H,10-15H2,1H3. The van der Waals surface area contributed by atoms with Crippen molar-refractivity contribution >= 4 is 0 Å². The molecule has 122 valence electrons. The summed E-state index contributed by atoms with van der Waals surface area (Å²) in [4.78, 5) is 2.49. The van der Waals surface area contributed by atoms with Crippen LogP contribution in [-0.2, 0) is 6.42 Å². The van der Waals surface area contributed by atoms with Crippen molar-refractivity contribution in [3.8, 4) is 11.5 Å². The number of phenols is 1. The predicted molar refractivity (Wildman–Crippen MR) is 93.0 cm³/mol. The number of phenolic OH excluding ortho intramolecular Hbond substituents is 1. The summed E-state index contributed by atoms with van der Waals surface area (Å²) >= 11 is 0. The maximum Gasteiger partial charge on any atom is 0.119 e. The van der Waals surface area contributed by atoms with Gasteiger partial charge in [0.15, 0.2) is 0 Å². The molecule has 0 radical (unpaired) electrons. The molecule has 1 saturated heterocycles. The molecule has 1 aliphatic heterocycles. The van der Waals surface area contributed by atoms with Crippen molar-refractivity contribution in [1.82, 2.24) is 4.90 Å². The second-order valence-electron chi connectivity index (χ2n) is 6.49. The van der Waals surface area contributed by atoms with Crippen LogP contribution in [-0.4, -0.2) is 36.2 Å². The van der Waals surface area contributed by atoms with Gasteiger partial charge in [0.05, 0.1) is 0 Å². The Kier molecular flexibility index (Phi) is 5.19. The Balaban J connectivity index is 1.39. The van der Waals surface area contributed by atoms with Gasteiger partial charge in [0, 0.05) is 13.1 Å². The maximum absolute atomic E-state index is 9.26. The second-order valence-corrected chi connectivity index (χ2v) is 6.49. The fourth-order valence-corrected chi connectivity index (χ4v) is 3.18. The Morgan fingerprint density at radius 1 is 1.09 bits per heavy atom. The Morgan fingerprint density at radius 3 is 2.57 bits per heavy atom. The first-order valence-corrected chi connectivity index (χ1v) is 8.39. The minimum Gasteiger partial charge on any atom is -0.508 e. The first kappa shape index (κ1) is 15.9. The summed E-state index contributed by atoms with van der Waals surface area (Å²) < 4.78 is 5.74. The molecule has 1 aliphatic rings. The smallest absolute Gasteiger partial charge is 0.119 e. The highest BCUT2D eigenvalue weighted by Crippen LogP contribution is 2.21. The van der Waals surface area contributed by atoms with Crippen molar-refractivity contribution in [3.63, 3.8) is 0 Å². The number of aryl methyl sites for hydroxylation is 1. The number of hydrogen-bond acceptors (Lipinski definition) is 3. The molecule has 23 heavy (non-hydrogen) atoms. The van der Waals surface area contributed by atoms with Crippen LogP contribution in [0.5, 0.6) is 11.5 Å². The van der Waals surface area contributed by atoms with Crippen molar-refractivity contribution in [2.45, 2.75) is 19.8 Å². The molecule has 3 nitrogen and oxygen atoms in total. The topological polar surface area (TPSA) is 32.7 Å². The summed E-state index contributed by atoms with van der Waals surface area (Å²) in [6, 6.07) is 15.8. The van der Waals surface area contributed by atoms with Crippen LogP contribution in [0.4, 0.5) is 0 Å². The number of benzene rings is 2. The average Bonchev–Trinajstić information content (AvgIpc) is 2.99. The van der Waals surface area contributed by atoms with Crippen LogP contribution in [0, 0.1) is 12.8 Å². The number of likely N-dealkylation sites (tertiary alicyclic amines) is 1. The van der Waals surface area contributed by atoms with Gasteiger partial charge in [-0.05, 0) is 62.1 Å². The van der Waals surface area contributed by atoms with Crippen molar-refractivity contribution in [3.05, 3.63) is 59.7 Å². The molecule has 0 saturated carbocycles. The Bertz CT molecular complexity index is 607. The molecule has 0 aromatic heterocycles. The fraction of sp³-hybridized carbons (Fsp3) is 0.400. The first-order chi connectivity index (χ1) is 11.2. The Hall–Kier alpha value is -2.00. The van der Waals surface area contributed by atoms with E-state index in [4.69, 9.17) is 4.74 Å². The van der Waals surface area contributed by atoms with Gasteiger partial charge in [-0.2, -0.15) is 0 Å². The summed E-state index contributed by atoms with van der Waals surface area (Å²) in [5.74, 6) is 1.85. The predicted octanol–water partition coefficient (Wildman–Crippen LogP) is 3.64. The van der Waals surface area contributed by atoms with Gasteiger partial charge < -0.3 is 9.84 Å². The molecule has 3 heteroatoms. The summed E-state index contributed by atoms with van der Waals surface area (Å²) in [5, 5.41) is 9.26. The van der Waals surface area contributed by atoms with E-state index in [1.165, 1.54) is 24.0 Å². The molecule has 1 N–H and O–H groups in total. The Labute approximate surface area is 138 Å². The van der Waals surface area contributed by atoms with Crippen LogP contribution in [0.1, 0.15) is 17.5 Å². The largest absolute Gasteiger partial charge is 0.508 e.